The average molecular weight is 266 g/mol. The van der Waals surface area contributed by atoms with Crippen LogP contribution in [-0.4, -0.2) is 24.5 Å². The SMILES string of the molecule is CC(C)CNCc1coc(CN(C)C(C)C(C)C)c1. The van der Waals surface area contributed by atoms with E-state index in [-0.39, 0.29) is 0 Å². The van der Waals surface area contributed by atoms with Gasteiger partial charge >= 0.3 is 0 Å². The number of furan rings is 1. The van der Waals surface area contributed by atoms with Gasteiger partial charge in [0.25, 0.3) is 0 Å². The summed E-state index contributed by atoms with van der Waals surface area (Å²) < 4.78 is 5.64. The second-order valence-electron chi connectivity index (χ2n) is 6.35. The maximum absolute atomic E-state index is 5.64. The first kappa shape index (κ1) is 16.3. The number of nitrogens with one attached hydrogen (secondary N) is 1. The van der Waals surface area contributed by atoms with Crippen molar-refractivity contribution < 1.29 is 4.42 Å². The van der Waals surface area contributed by atoms with E-state index in [9.17, 15) is 0 Å². The maximum atomic E-state index is 5.64. The molecule has 1 unspecified atom stereocenters. The fraction of sp³-hybridized carbons (Fsp3) is 0.750. The molecule has 0 aliphatic rings. The summed E-state index contributed by atoms with van der Waals surface area (Å²) >= 11 is 0. The van der Waals surface area contributed by atoms with Crippen LogP contribution in [0.25, 0.3) is 0 Å². The Morgan fingerprint density at radius 2 is 1.89 bits per heavy atom. The molecule has 0 saturated carbocycles. The summed E-state index contributed by atoms with van der Waals surface area (Å²) in [5.74, 6) is 2.40. The highest BCUT2D eigenvalue weighted by atomic mass is 16.3. The number of hydrogen-bond donors (Lipinski definition) is 1. The summed E-state index contributed by atoms with van der Waals surface area (Å²) in [6, 6.07) is 2.73. The molecule has 0 aliphatic carbocycles. The Labute approximate surface area is 118 Å². The molecule has 1 aromatic rings. The highest BCUT2D eigenvalue weighted by molar-refractivity contribution is 5.12. The van der Waals surface area contributed by atoms with Crippen molar-refractivity contribution in [3.8, 4) is 0 Å². The maximum Gasteiger partial charge on any atom is 0.118 e. The van der Waals surface area contributed by atoms with Crippen molar-refractivity contribution in [2.45, 2.75) is 53.8 Å². The summed E-state index contributed by atoms with van der Waals surface area (Å²) in [5, 5.41) is 3.44. The monoisotopic (exact) mass is 266 g/mol. The average Bonchev–Trinajstić information content (AvgIpc) is 2.75. The molecular formula is C16H30N2O. The van der Waals surface area contributed by atoms with Gasteiger partial charge in [-0.3, -0.25) is 4.90 Å². The minimum Gasteiger partial charge on any atom is -0.468 e. The summed E-state index contributed by atoms with van der Waals surface area (Å²) in [6.45, 7) is 14.0. The molecule has 1 atom stereocenters. The van der Waals surface area contributed by atoms with Crippen LogP contribution in [0.2, 0.25) is 0 Å². The van der Waals surface area contributed by atoms with E-state index in [4.69, 9.17) is 4.42 Å². The number of hydrogen-bond acceptors (Lipinski definition) is 3. The molecule has 0 amide bonds. The van der Waals surface area contributed by atoms with Crippen LogP contribution in [0.4, 0.5) is 0 Å². The van der Waals surface area contributed by atoms with Gasteiger partial charge in [-0.15, -0.1) is 0 Å². The van der Waals surface area contributed by atoms with Crippen molar-refractivity contribution in [2.24, 2.45) is 11.8 Å². The molecule has 19 heavy (non-hydrogen) atoms. The van der Waals surface area contributed by atoms with E-state index in [2.05, 4.69) is 57.9 Å². The molecule has 0 saturated heterocycles. The Balaban J connectivity index is 2.42. The zero-order valence-electron chi connectivity index (χ0n) is 13.4. The first-order valence-corrected chi connectivity index (χ1v) is 7.37. The van der Waals surface area contributed by atoms with E-state index in [0.29, 0.717) is 17.9 Å². The van der Waals surface area contributed by atoms with E-state index < -0.39 is 0 Å². The number of rotatable bonds is 8. The largest absolute Gasteiger partial charge is 0.468 e. The van der Waals surface area contributed by atoms with Gasteiger partial charge in [-0.2, -0.15) is 0 Å². The molecule has 3 heteroatoms. The molecule has 0 aromatic carbocycles. The van der Waals surface area contributed by atoms with Crippen molar-refractivity contribution in [1.82, 2.24) is 10.2 Å². The zero-order valence-corrected chi connectivity index (χ0v) is 13.4. The first-order chi connectivity index (χ1) is 8.90. The van der Waals surface area contributed by atoms with Gasteiger partial charge in [-0.25, -0.2) is 0 Å². The summed E-state index contributed by atoms with van der Waals surface area (Å²) in [4.78, 5) is 2.34. The van der Waals surface area contributed by atoms with Crippen molar-refractivity contribution >= 4 is 0 Å². The van der Waals surface area contributed by atoms with Gasteiger partial charge in [0, 0.05) is 18.2 Å². The van der Waals surface area contributed by atoms with E-state index in [1.54, 1.807) is 0 Å². The molecule has 1 N–H and O–H groups in total. The lowest BCUT2D eigenvalue weighted by Crippen LogP contribution is -2.32. The second-order valence-corrected chi connectivity index (χ2v) is 6.35. The molecule has 110 valence electrons. The molecule has 3 nitrogen and oxygen atoms in total. The normalized spacial score (nSPS) is 13.7. The van der Waals surface area contributed by atoms with Crippen molar-refractivity contribution in [2.75, 3.05) is 13.6 Å². The Morgan fingerprint density at radius 3 is 2.47 bits per heavy atom. The van der Waals surface area contributed by atoms with E-state index in [0.717, 1.165) is 25.4 Å². The van der Waals surface area contributed by atoms with Crippen LogP contribution in [0.1, 0.15) is 45.9 Å². The Hall–Kier alpha value is -0.800. The van der Waals surface area contributed by atoms with Gasteiger partial charge in [0.1, 0.15) is 5.76 Å². The minimum atomic E-state index is 0.563. The molecule has 0 bridgehead atoms. The zero-order chi connectivity index (χ0) is 14.4. The lowest BCUT2D eigenvalue weighted by molar-refractivity contribution is 0.187. The van der Waals surface area contributed by atoms with Crippen LogP contribution in [0.5, 0.6) is 0 Å². The molecule has 1 rings (SSSR count). The van der Waals surface area contributed by atoms with Crippen molar-refractivity contribution in [3.63, 3.8) is 0 Å². The van der Waals surface area contributed by atoms with Crippen LogP contribution < -0.4 is 5.32 Å². The van der Waals surface area contributed by atoms with E-state index in [1.165, 1.54) is 5.56 Å². The molecule has 0 radical (unpaired) electrons. The fourth-order valence-corrected chi connectivity index (χ4v) is 2.01. The van der Waals surface area contributed by atoms with Gasteiger partial charge in [0.2, 0.25) is 0 Å². The third kappa shape index (κ3) is 5.79. The Bertz CT molecular complexity index is 357. The number of nitrogens with zero attached hydrogens (tertiary/aromatic N) is 1. The van der Waals surface area contributed by atoms with Gasteiger partial charge in [-0.05, 0) is 38.4 Å². The van der Waals surface area contributed by atoms with Crippen LogP contribution >= 0.6 is 0 Å². The second kappa shape index (κ2) is 7.71. The van der Waals surface area contributed by atoms with Gasteiger partial charge in [-0.1, -0.05) is 27.7 Å². The molecule has 0 spiro atoms. The van der Waals surface area contributed by atoms with Gasteiger partial charge in [0.15, 0.2) is 0 Å². The van der Waals surface area contributed by atoms with Crippen LogP contribution in [0.3, 0.4) is 0 Å². The fourth-order valence-electron chi connectivity index (χ4n) is 2.01. The molecule has 1 heterocycles. The Morgan fingerprint density at radius 1 is 1.21 bits per heavy atom. The van der Waals surface area contributed by atoms with Crippen molar-refractivity contribution in [3.05, 3.63) is 23.7 Å². The molecule has 0 fully saturated rings. The predicted octanol–water partition coefficient (Wildman–Crippen LogP) is 3.50. The highest BCUT2D eigenvalue weighted by Crippen LogP contribution is 2.14. The summed E-state index contributed by atoms with van der Waals surface area (Å²) in [6.07, 6.45) is 1.87. The highest BCUT2D eigenvalue weighted by Gasteiger charge is 2.14. The third-order valence-corrected chi connectivity index (χ3v) is 3.66. The van der Waals surface area contributed by atoms with Crippen molar-refractivity contribution in [1.29, 1.82) is 0 Å². The lowest BCUT2D eigenvalue weighted by atomic mass is 10.1. The van der Waals surface area contributed by atoms with Crippen LogP contribution in [0.15, 0.2) is 16.7 Å². The predicted molar refractivity (Wildman–Crippen MR) is 81.0 cm³/mol. The van der Waals surface area contributed by atoms with Crippen LogP contribution in [0, 0.1) is 11.8 Å². The molecule has 0 aliphatic heterocycles. The smallest absolute Gasteiger partial charge is 0.118 e. The molecule has 1 aromatic heterocycles. The third-order valence-electron chi connectivity index (χ3n) is 3.66. The molecular weight excluding hydrogens is 236 g/mol. The lowest BCUT2D eigenvalue weighted by Gasteiger charge is -2.26. The summed E-state index contributed by atoms with van der Waals surface area (Å²) in [5.41, 5.74) is 1.24. The van der Waals surface area contributed by atoms with Gasteiger partial charge in [0.05, 0.1) is 12.8 Å². The topological polar surface area (TPSA) is 28.4 Å². The van der Waals surface area contributed by atoms with Crippen LogP contribution in [-0.2, 0) is 13.1 Å². The standard InChI is InChI=1S/C16H30N2O/c1-12(2)8-17-9-15-7-16(19-11-15)10-18(6)14(5)13(3)4/h7,11-14,17H,8-10H2,1-6H3. The minimum absolute atomic E-state index is 0.563. The summed E-state index contributed by atoms with van der Waals surface area (Å²) in [7, 11) is 2.16. The first-order valence-electron chi connectivity index (χ1n) is 7.37. The Kier molecular flexibility index (Phi) is 6.59. The van der Waals surface area contributed by atoms with E-state index in [1.807, 2.05) is 6.26 Å². The van der Waals surface area contributed by atoms with E-state index >= 15 is 0 Å². The van der Waals surface area contributed by atoms with Gasteiger partial charge < -0.3 is 9.73 Å². The quantitative estimate of drug-likeness (QED) is 0.780.